The van der Waals surface area contributed by atoms with Gasteiger partial charge in [0.2, 0.25) is 5.91 Å². The smallest absolute Gasteiger partial charge is 0.272 e. The molecule has 2 amide bonds. The number of nitrogens with zero attached hydrogens (tertiary/aromatic N) is 3. The molecule has 3 N–H and O–H groups in total. The van der Waals surface area contributed by atoms with Crippen molar-refractivity contribution >= 4 is 17.5 Å². The lowest BCUT2D eigenvalue weighted by molar-refractivity contribution is -0.133. The molecule has 0 saturated heterocycles. The van der Waals surface area contributed by atoms with Crippen LogP contribution < -0.4 is 10.6 Å². The Morgan fingerprint density at radius 2 is 2.07 bits per heavy atom. The number of nitrogens with one attached hydrogen (secondary N) is 2. The highest BCUT2D eigenvalue weighted by Crippen LogP contribution is 2.30. The number of hydrogen-bond donors (Lipinski definition) is 3. The highest BCUT2D eigenvalue weighted by molar-refractivity contribution is 5.99. The Morgan fingerprint density at radius 1 is 1.36 bits per heavy atom. The number of fused-ring (bicyclic) bond motifs is 1. The summed E-state index contributed by atoms with van der Waals surface area (Å²) in [4.78, 5) is 27.6. The summed E-state index contributed by atoms with van der Waals surface area (Å²) in [6.45, 7) is 4.05. The molecule has 3 heterocycles. The van der Waals surface area contributed by atoms with E-state index in [-0.39, 0.29) is 36.2 Å². The number of aliphatic hydroxyl groups excluding tert-OH is 1. The van der Waals surface area contributed by atoms with Crippen molar-refractivity contribution in [2.45, 2.75) is 76.5 Å². The second-order valence-electron chi connectivity index (χ2n) is 8.59. The SMILES string of the molecule is CC1CC(O)=C(c2cc3n(n2)CC(C)(C(=O)NC2CCCCC2)N(C)C3=O)N1. The number of rotatable bonds is 3. The van der Waals surface area contributed by atoms with Crippen LogP contribution in [-0.2, 0) is 11.3 Å². The summed E-state index contributed by atoms with van der Waals surface area (Å²) in [6.07, 6.45) is 6.01. The first-order chi connectivity index (χ1) is 13.3. The Kier molecular flexibility index (Phi) is 4.59. The van der Waals surface area contributed by atoms with Gasteiger partial charge in [-0.3, -0.25) is 14.3 Å². The number of aromatic nitrogens is 2. The standard InChI is InChI=1S/C20H29N5O3/c1-12-9-16(26)17(21-12)14-10-15-18(27)24(3)20(2,11-25(15)23-14)19(28)22-13-7-5-4-6-8-13/h10,12-13,21,26H,4-9,11H2,1-3H3,(H,22,28). The number of amides is 2. The van der Waals surface area contributed by atoms with Gasteiger partial charge in [-0.2, -0.15) is 5.10 Å². The molecule has 0 radical (unpaired) electrons. The van der Waals surface area contributed by atoms with E-state index in [1.807, 2.05) is 6.92 Å². The Bertz CT molecular complexity index is 839. The molecule has 0 spiro atoms. The van der Waals surface area contributed by atoms with E-state index in [1.165, 1.54) is 11.3 Å². The minimum atomic E-state index is -1.00. The largest absolute Gasteiger partial charge is 0.510 e. The average Bonchev–Trinajstić information content (AvgIpc) is 3.23. The average molecular weight is 387 g/mol. The first-order valence-corrected chi connectivity index (χ1v) is 10.2. The van der Waals surface area contributed by atoms with Crippen LogP contribution in [0.1, 0.15) is 68.6 Å². The molecule has 28 heavy (non-hydrogen) atoms. The summed E-state index contributed by atoms with van der Waals surface area (Å²) < 4.78 is 1.60. The van der Waals surface area contributed by atoms with E-state index in [4.69, 9.17) is 0 Å². The summed E-state index contributed by atoms with van der Waals surface area (Å²) in [5.74, 6) is -0.119. The number of carbonyl (C=O) groups excluding carboxylic acids is 2. The van der Waals surface area contributed by atoms with Crippen molar-refractivity contribution in [1.82, 2.24) is 25.3 Å². The van der Waals surface area contributed by atoms with Gasteiger partial charge in [0, 0.05) is 25.6 Å². The van der Waals surface area contributed by atoms with E-state index in [1.54, 1.807) is 24.7 Å². The van der Waals surface area contributed by atoms with E-state index in [9.17, 15) is 14.7 Å². The molecule has 2 unspecified atom stereocenters. The summed E-state index contributed by atoms with van der Waals surface area (Å²) in [6, 6.07) is 2.00. The predicted octanol–water partition coefficient (Wildman–Crippen LogP) is 1.78. The number of hydrogen-bond acceptors (Lipinski definition) is 5. The predicted molar refractivity (Wildman–Crippen MR) is 105 cm³/mol. The van der Waals surface area contributed by atoms with E-state index in [2.05, 4.69) is 15.7 Å². The Hall–Kier alpha value is -2.51. The van der Waals surface area contributed by atoms with Crippen molar-refractivity contribution in [3.63, 3.8) is 0 Å². The van der Waals surface area contributed by atoms with Gasteiger partial charge in [-0.1, -0.05) is 19.3 Å². The maximum absolute atomic E-state index is 13.1. The molecule has 1 saturated carbocycles. The molecular weight excluding hydrogens is 358 g/mol. The van der Waals surface area contributed by atoms with Crippen LogP contribution in [0.25, 0.3) is 5.70 Å². The molecule has 1 aromatic rings. The van der Waals surface area contributed by atoms with Crippen LogP contribution in [0.5, 0.6) is 0 Å². The first kappa shape index (κ1) is 18.8. The number of likely N-dealkylation sites (N-methyl/N-ethyl adjacent to an activating group) is 1. The van der Waals surface area contributed by atoms with E-state index < -0.39 is 5.54 Å². The third-order valence-corrected chi connectivity index (χ3v) is 6.37. The maximum atomic E-state index is 13.1. The van der Waals surface area contributed by atoms with Crippen LogP contribution in [0.3, 0.4) is 0 Å². The van der Waals surface area contributed by atoms with Gasteiger partial charge in [0.05, 0.1) is 6.54 Å². The molecule has 1 aromatic heterocycles. The zero-order valence-corrected chi connectivity index (χ0v) is 16.8. The molecule has 8 nitrogen and oxygen atoms in total. The summed E-state index contributed by atoms with van der Waals surface area (Å²) in [7, 11) is 1.67. The Morgan fingerprint density at radius 3 is 2.71 bits per heavy atom. The second kappa shape index (κ2) is 6.83. The third kappa shape index (κ3) is 3.04. The van der Waals surface area contributed by atoms with Crippen LogP contribution >= 0.6 is 0 Å². The number of aliphatic hydroxyl groups is 1. The van der Waals surface area contributed by atoms with Gasteiger partial charge in [0.1, 0.15) is 28.4 Å². The van der Waals surface area contributed by atoms with Gasteiger partial charge in [-0.15, -0.1) is 0 Å². The molecule has 4 rings (SSSR count). The zero-order valence-electron chi connectivity index (χ0n) is 16.8. The molecule has 1 fully saturated rings. The van der Waals surface area contributed by atoms with Gasteiger partial charge in [-0.25, -0.2) is 0 Å². The van der Waals surface area contributed by atoms with Crippen molar-refractivity contribution in [2.75, 3.05) is 7.05 Å². The molecular formula is C20H29N5O3. The first-order valence-electron chi connectivity index (χ1n) is 10.2. The second-order valence-corrected chi connectivity index (χ2v) is 8.59. The quantitative estimate of drug-likeness (QED) is 0.734. The molecule has 8 heteroatoms. The van der Waals surface area contributed by atoms with E-state index in [0.717, 1.165) is 25.7 Å². The normalized spacial score (nSPS) is 28.3. The van der Waals surface area contributed by atoms with Gasteiger partial charge in [0.15, 0.2) is 0 Å². The van der Waals surface area contributed by atoms with E-state index >= 15 is 0 Å². The molecule has 0 aromatic carbocycles. The summed E-state index contributed by atoms with van der Waals surface area (Å²) >= 11 is 0. The molecule has 2 atom stereocenters. The van der Waals surface area contributed by atoms with Gasteiger partial charge in [-0.05, 0) is 32.8 Å². The van der Waals surface area contributed by atoms with Crippen molar-refractivity contribution < 1.29 is 14.7 Å². The van der Waals surface area contributed by atoms with Crippen molar-refractivity contribution in [3.05, 3.63) is 23.2 Å². The molecule has 3 aliphatic rings. The topological polar surface area (TPSA) is 99.5 Å². The van der Waals surface area contributed by atoms with Gasteiger partial charge < -0.3 is 20.6 Å². The summed E-state index contributed by atoms with van der Waals surface area (Å²) in [5, 5.41) is 21.1. The minimum absolute atomic E-state index is 0.124. The van der Waals surface area contributed by atoms with Crippen molar-refractivity contribution in [2.24, 2.45) is 0 Å². The fourth-order valence-corrected chi connectivity index (χ4v) is 4.43. The zero-order chi connectivity index (χ0) is 20.1. The van der Waals surface area contributed by atoms with Crippen LogP contribution in [0.4, 0.5) is 0 Å². The fraction of sp³-hybridized carbons (Fsp3) is 0.650. The molecule has 1 aliphatic carbocycles. The molecule has 152 valence electrons. The van der Waals surface area contributed by atoms with Crippen LogP contribution in [-0.4, -0.2) is 56.3 Å². The van der Waals surface area contributed by atoms with Crippen LogP contribution in [0, 0.1) is 0 Å². The lowest BCUT2D eigenvalue weighted by Gasteiger charge is -2.41. The Balaban J connectivity index is 1.59. The van der Waals surface area contributed by atoms with Crippen molar-refractivity contribution in [3.8, 4) is 0 Å². The van der Waals surface area contributed by atoms with Crippen LogP contribution in [0.2, 0.25) is 0 Å². The summed E-state index contributed by atoms with van der Waals surface area (Å²) in [5.41, 5.74) is 0.535. The fourth-order valence-electron chi connectivity index (χ4n) is 4.43. The lowest BCUT2D eigenvalue weighted by atomic mass is 9.92. The monoisotopic (exact) mass is 387 g/mol. The number of carbonyl (C=O) groups is 2. The van der Waals surface area contributed by atoms with Crippen molar-refractivity contribution in [1.29, 1.82) is 0 Å². The highest BCUT2D eigenvalue weighted by Gasteiger charge is 2.46. The van der Waals surface area contributed by atoms with E-state index in [0.29, 0.717) is 23.5 Å². The van der Waals surface area contributed by atoms with Gasteiger partial charge >= 0.3 is 0 Å². The molecule has 0 bridgehead atoms. The maximum Gasteiger partial charge on any atom is 0.272 e. The lowest BCUT2D eigenvalue weighted by Crippen LogP contribution is -2.63. The third-order valence-electron chi connectivity index (χ3n) is 6.37. The minimum Gasteiger partial charge on any atom is -0.510 e. The Labute approximate surface area is 165 Å². The van der Waals surface area contributed by atoms with Gasteiger partial charge in [0.25, 0.3) is 5.91 Å². The van der Waals surface area contributed by atoms with Crippen LogP contribution in [0.15, 0.2) is 11.8 Å². The highest BCUT2D eigenvalue weighted by atomic mass is 16.3. The molecule has 2 aliphatic heterocycles.